The number of fused-ring (bicyclic) bond motifs is 7. The van der Waals surface area contributed by atoms with Gasteiger partial charge in [0.15, 0.2) is 0 Å². The van der Waals surface area contributed by atoms with E-state index in [1.54, 1.807) is 0 Å². The third-order valence-electron chi connectivity index (χ3n) is 11.1. The van der Waals surface area contributed by atoms with Gasteiger partial charge in [0.1, 0.15) is 22.3 Å². The predicted molar refractivity (Wildman–Crippen MR) is 237 cm³/mol. The Hall–Kier alpha value is -7.62. The Balaban J connectivity index is 1.02. The van der Waals surface area contributed by atoms with E-state index < -0.39 is 0 Å². The Bertz CT molecular complexity index is 3140. The lowest BCUT2D eigenvalue weighted by atomic mass is 9.90. The van der Waals surface area contributed by atoms with Crippen LogP contribution in [-0.2, 0) is 0 Å². The molecule has 0 saturated heterocycles. The summed E-state index contributed by atoms with van der Waals surface area (Å²) in [4.78, 5) is 2.29. The molecule has 3 heteroatoms. The van der Waals surface area contributed by atoms with Crippen LogP contribution < -0.4 is 4.90 Å². The number of anilines is 3. The van der Waals surface area contributed by atoms with Gasteiger partial charge in [-0.1, -0.05) is 152 Å². The average Bonchev–Trinajstić information content (AvgIpc) is 3.86. The number of para-hydroxylation sites is 3. The summed E-state index contributed by atoms with van der Waals surface area (Å²) >= 11 is 0. The van der Waals surface area contributed by atoms with Crippen molar-refractivity contribution in [3.05, 3.63) is 212 Å². The van der Waals surface area contributed by atoms with Crippen molar-refractivity contribution in [1.29, 1.82) is 0 Å². The first-order valence-corrected chi connectivity index (χ1v) is 19.3. The van der Waals surface area contributed by atoms with Crippen LogP contribution in [-0.4, -0.2) is 0 Å². The van der Waals surface area contributed by atoms with Crippen LogP contribution in [0.25, 0.3) is 88.4 Å². The van der Waals surface area contributed by atoms with E-state index in [-0.39, 0.29) is 0 Å². The lowest BCUT2D eigenvalue weighted by Gasteiger charge is -2.25. The van der Waals surface area contributed by atoms with Gasteiger partial charge in [0.05, 0.1) is 0 Å². The second-order valence-electron chi connectivity index (χ2n) is 14.5. The molecule has 2 aromatic heterocycles. The van der Waals surface area contributed by atoms with Gasteiger partial charge in [-0.2, -0.15) is 0 Å². The zero-order valence-corrected chi connectivity index (χ0v) is 31.0. The van der Waals surface area contributed by atoms with Gasteiger partial charge in [0.25, 0.3) is 0 Å². The van der Waals surface area contributed by atoms with Crippen LogP contribution in [0.5, 0.6) is 0 Å². The Morgan fingerprint density at radius 1 is 0.281 bits per heavy atom. The topological polar surface area (TPSA) is 29.5 Å². The van der Waals surface area contributed by atoms with E-state index in [2.05, 4.69) is 193 Å². The van der Waals surface area contributed by atoms with Gasteiger partial charge in [0, 0.05) is 44.2 Å². The van der Waals surface area contributed by atoms with Gasteiger partial charge >= 0.3 is 0 Å². The van der Waals surface area contributed by atoms with Crippen molar-refractivity contribution >= 4 is 60.9 Å². The third kappa shape index (κ3) is 5.68. The highest BCUT2D eigenvalue weighted by molar-refractivity contribution is 6.27. The van der Waals surface area contributed by atoms with E-state index in [1.807, 2.05) is 24.3 Å². The standard InChI is InChI=1S/C54H35NO2/c1-4-12-36(13-5-1)37-22-26-41(27-23-37)51-45(32-33-47-53-50(57-54(47)51)35-34-49-52(53)46-18-10-11-19-48(46)56-49)40-24-20-38(21-25-40)39-28-30-44(31-29-39)55(42-14-6-2-7-15-42)43-16-8-3-9-17-43/h1-35H. The Labute approximate surface area is 330 Å². The van der Waals surface area contributed by atoms with Gasteiger partial charge in [-0.3, -0.25) is 0 Å². The molecule has 268 valence electrons. The lowest BCUT2D eigenvalue weighted by molar-refractivity contribution is 0.663. The zero-order chi connectivity index (χ0) is 37.7. The zero-order valence-electron chi connectivity index (χ0n) is 31.0. The monoisotopic (exact) mass is 729 g/mol. The predicted octanol–water partition coefficient (Wildman–Crippen LogP) is 15.6. The molecule has 0 aliphatic rings. The van der Waals surface area contributed by atoms with Crippen molar-refractivity contribution in [2.75, 3.05) is 4.90 Å². The fourth-order valence-corrected chi connectivity index (χ4v) is 8.38. The first kappa shape index (κ1) is 32.8. The molecule has 2 heterocycles. The van der Waals surface area contributed by atoms with Crippen LogP contribution in [0.2, 0.25) is 0 Å². The lowest BCUT2D eigenvalue weighted by Crippen LogP contribution is -2.09. The molecular formula is C54H35NO2. The van der Waals surface area contributed by atoms with Gasteiger partial charge in [-0.05, 0) is 99.6 Å². The molecule has 0 fully saturated rings. The number of benzene rings is 9. The van der Waals surface area contributed by atoms with Crippen molar-refractivity contribution < 1.29 is 8.83 Å². The quantitative estimate of drug-likeness (QED) is 0.164. The van der Waals surface area contributed by atoms with Crippen molar-refractivity contribution in [2.45, 2.75) is 0 Å². The molecule has 0 bridgehead atoms. The van der Waals surface area contributed by atoms with Gasteiger partial charge < -0.3 is 13.7 Å². The smallest absolute Gasteiger partial charge is 0.143 e. The van der Waals surface area contributed by atoms with Crippen molar-refractivity contribution in [1.82, 2.24) is 0 Å². The molecule has 9 aromatic carbocycles. The normalized spacial score (nSPS) is 11.5. The molecule has 0 spiro atoms. The molecule has 57 heavy (non-hydrogen) atoms. The van der Waals surface area contributed by atoms with Gasteiger partial charge in [-0.25, -0.2) is 0 Å². The number of hydrogen-bond donors (Lipinski definition) is 0. The van der Waals surface area contributed by atoms with Crippen molar-refractivity contribution in [2.24, 2.45) is 0 Å². The molecule has 0 unspecified atom stereocenters. The van der Waals surface area contributed by atoms with E-state index in [0.717, 1.165) is 94.3 Å². The van der Waals surface area contributed by atoms with Crippen LogP contribution in [0, 0.1) is 0 Å². The van der Waals surface area contributed by atoms with Crippen molar-refractivity contribution in [3.63, 3.8) is 0 Å². The molecule has 0 N–H and O–H groups in total. The maximum Gasteiger partial charge on any atom is 0.143 e. The fourth-order valence-electron chi connectivity index (χ4n) is 8.38. The minimum Gasteiger partial charge on any atom is -0.456 e. The Kier molecular flexibility index (Phi) is 7.82. The fraction of sp³-hybridized carbons (Fsp3) is 0. The number of rotatable bonds is 7. The summed E-state index contributed by atoms with van der Waals surface area (Å²) in [6.07, 6.45) is 0. The summed E-state index contributed by atoms with van der Waals surface area (Å²) in [7, 11) is 0. The van der Waals surface area contributed by atoms with E-state index in [4.69, 9.17) is 8.83 Å². The highest BCUT2D eigenvalue weighted by Crippen LogP contribution is 2.46. The van der Waals surface area contributed by atoms with Crippen LogP contribution >= 0.6 is 0 Å². The number of nitrogens with zero attached hydrogens (tertiary/aromatic N) is 1. The van der Waals surface area contributed by atoms with Gasteiger partial charge in [0.2, 0.25) is 0 Å². The highest BCUT2D eigenvalue weighted by Gasteiger charge is 2.21. The highest BCUT2D eigenvalue weighted by atomic mass is 16.3. The molecular weight excluding hydrogens is 695 g/mol. The SMILES string of the molecule is c1ccc(-c2ccc(-c3c(-c4ccc(-c5ccc(N(c6ccccc6)c6ccccc6)cc5)cc4)ccc4c3oc3ccc5oc6ccccc6c5c34)cc2)cc1. The van der Waals surface area contributed by atoms with Crippen LogP contribution in [0.1, 0.15) is 0 Å². The van der Waals surface area contributed by atoms with Crippen molar-refractivity contribution in [3.8, 4) is 44.5 Å². The van der Waals surface area contributed by atoms with E-state index in [0.29, 0.717) is 0 Å². The third-order valence-corrected chi connectivity index (χ3v) is 11.1. The Morgan fingerprint density at radius 3 is 1.37 bits per heavy atom. The Morgan fingerprint density at radius 2 is 0.737 bits per heavy atom. The first-order chi connectivity index (χ1) is 28.3. The van der Waals surface area contributed by atoms with Crippen LogP contribution in [0.3, 0.4) is 0 Å². The van der Waals surface area contributed by atoms with Crippen LogP contribution in [0.4, 0.5) is 17.1 Å². The molecule has 0 radical (unpaired) electrons. The second-order valence-corrected chi connectivity index (χ2v) is 14.5. The maximum absolute atomic E-state index is 6.88. The minimum atomic E-state index is 0.847. The molecule has 0 aliphatic heterocycles. The molecule has 0 aliphatic carbocycles. The van der Waals surface area contributed by atoms with E-state index >= 15 is 0 Å². The van der Waals surface area contributed by atoms with E-state index in [9.17, 15) is 0 Å². The summed E-state index contributed by atoms with van der Waals surface area (Å²) in [5.41, 5.74) is 15.9. The maximum atomic E-state index is 6.88. The average molecular weight is 730 g/mol. The van der Waals surface area contributed by atoms with Gasteiger partial charge in [-0.15, -0.1) is 0 Å². The number of furan rings is 2. The summed E-state index contributed by atoms with van der Waals surface area (Å²) in [5, 5.41) is 4.34. The molecule has 11 aromatic rings. The molecule has 0 saturated carbocycles. The molecule has 0 amide bonds. The second kappa shape index (κ2) is 13.6. The van der Waals surface area contributed by atoms with E-state index in [1.165, 1.54) is 11.1 Å². The molecule has 11 rings (SSSR count). The largest absolute Gasteiger partial charge is 0.456 e. The molecule has 3 nitrogen and oxygen atoms in total. The minimum absolute atomic E-state index is 0.847. The molecule has 0 atom stereocenters. The summed E-state index contributed by atoms with van der Waals surface area (Å²) in [5.74, 6) is 0. The van der Waals surface area contributed by atoms with Crippen LogP contribution in [0.15, 0.2) is 221 Å². The summed E-state index contributed by atoms with van der Waals surface area (Å²) in [6, 6.07) is 75.0. The summed E-state index contributed by atoms with van der Waals surface area (Å²) < 4.78 is 13.2. The first-order valence-electron chi connectivity index (χ1n) is 19.3. The number of hydrogen-bond acceptors (Lipinski definition) is 3. The summed E-state index contributed by atoms with van der Waals surface area (Å²) in [6.45, 7) is 0.